The summed E-state index contributed by atoms with van der Waals surface area (Å²) < 4.78 is 40.5. The van der Waals surface area contributed by atoms with E-state index in [9.17, 15) is 13.2 Å². The Morgan fingerprint density at radius 3 is 2.65 bits per heavy atom. The predicted molar refractivity (Wildman–Crippen MR) is 52.9 cm³/mol. The molecule has 1 heterocycles. The van der Waals surface area contributed by atoms with Crippen LogP contribution in [0.4, 0.5) is 13.2 Å². The first-order chi connectivity index (χ1) is 7.89. The molecule has 0 fully saturated rings. The fraction of sp³-hybridized carbons (Fsp3) is 0.400. The summed E-state index contributed by atoms with van der Waals surface area (Å²) in [6.07, 6.45) is -3.50. The van der Waals surface area contributed by atoms with E-state index in [1.807, 2.05) is 6.07 Å². The molecule has 0 aliphatic rings. The van der Waals surface area contributed by atoms with Crippen molar-refractivity contribution in [2.75, 3.05) is 0 Å². The van der Waals surface area contributed by atoms with Gasteiger partial charge in [-0.1, -0.05) is 0 Å². The summed E-state index contributed by atoms with van der Waals surface area (Å²) in [5.74, 6) is -0.409. The lowest BCUT2D eigenvalue weighted by Gasteiger charge is -2.15. The van der Waals surface area contributed by atoms with Crippen molar-refractivity contribution >= 4 is 0 Å². The van der Waals surface area contributed by atoms with E-state index in [0.29, 0.717) is 5.56 Å². The first-order valence-electron chi connectivity index (χ1n) is 4.69. The van der Waals surface area contributed by atoms with E-state index < -0.39 is 12.1 Å². The number of halogens is 3. The average molecular weight is 245 g/mol. The van der Waals surface area contributed by atoms with Crippen LogP contribution in [0.2, 0.25) is 0 Å². The number of nitriles is 1. The van der Waals surface area contributed by atoms with Crippen molar-refractivity contribution in [3.63, 3.8) is 0 Å². The van der Waals surface area contributed by atoms with Crippen molar-refractivity contribution in [3.8, 4) is 11.8 Å². The molecule has 1 aromatic heterocycles. The third-order valence-corrected chi connectivity index (χ3v) is 2.14. The molecule has 92 valence electrons. The topological polar surface area (TPSA) is 71.9 Å². The van der Waals surface area contributed by atoms with Crippen LogP contribution >= 0.6 is 0 Å². The van der Waals surface area contributed by atoms with Crippen LogP contribution in [-0.4, -0.2) is 11.3 Å². The first kappa shape index (κ1) is 13.3. The van der Waals surface area contributed by atoms with E-state index in [2.05, 4.69) is 9.72 Å². The van der Waals surface area contributed by atoms with Crippen LogP contribution in [0.5, 0.6) is 5.75 Å². The van der Waals surface area contributed by atoms with Gasteiger partial charge >= 0.3 is 6.36 Å². The van der Waals surface area contributed by atoms with Crippen molar-refractivity contribution in [2.45, 2.75) is 26.3 Å². The fourth-order valence-corrected chi connectivity index (χ4v) is 1.33. The maximum absolute atomic E-state index is 12.2. The second kappa shape index (κ2) is 5.01. The van der Waals surface area contributed by atoms with Gasteiger partial charge in [-0.05, 0) is 18.1 Å². The Morgan fingerprint density at radius 1 is 1.53 bits per heavy atom. The van der Waals surface area contributed by atoms with Gasteiger partial charge in [0.05, 0.1) is 18.2 Å². The minimum atomic E-state index is -4.80. The summed E-state index contributed by atoms with van der Waals surface area (Å²) in [4.78, 5) is 3.76. The molecule has 4 nitrogen and oxygen atoms in total. The van der Waals surface area contributed by atoms with Crippen LogP contribution < -0.4 is 10.5 Å². The molecule has 0 amide bonds. The molecule has 0 spiro atoms. The van der Waals surface area contributed by atoms with E-state index in [1.165, 1.54) is 13.1 Å². The zero-order valence-corrected chi connectivity index (χ0v) is 9.01. The molecular formula is C10H10F3N3O. The highest BCUT2D eigenvalue weighted by Crippen LogP contribution is 2.30. The maximum Gasteiger partial charge on any atom is 0.573 e. The van der Waals surface area contributed by atoms with Crippen LogP contribution in [0.3, 0.4) is 0 Å². The number of ether oxygens (including phenoxy) is 1. The minimum Gasteiger partial charge on any atom is -0.403 e. The molecule has 0 aromatic carbocycles. The lowest BCUT2D eigenvalue weighted by Crippen LogP contribution is -2.20. The average Bonchev–Trinajstić information content (AvgIpc) is 2.23. The van der Waals surface area contributed by atoms with Gasteiger partial charge in [-0.3, -0.25) is 4.98 Å². The monoisotopic (exact) mass is 245 g/mol. The molecule has 17 heavy (non-hydrogen) atoms. The number of alkyl halides is 3. The van der Waals surface area contributed by atoms with Gasteiger partial charge in [-0.2, -0.15) is 5.26 Å². The highest BCUT2D eigenvalue weighted by molar-refractivity contribution is 5.42. The minimum absolute atomic E-state index is 0.0153. The molecular weight excluding hydrogens is 235 g/mol. The fourth-order valence-electron chi connectivity index (χ4n) is 1.33. The summed E-state index contributed by atoms with van der Waals surface area (Å²) in [7, 11) is 0. The number of hydrogen-bond acceptors (Lipinski definition) is 4. The molecule has 0 atom stereocenters. The lowest BCUT2D eigenvalue weighted by molar-refractivity contribution is -0.275. The van der Waals surface area contributed by atoms with E-state index in [1.54, 1.807) is 0 Å². The van der Waals surface area contributed by atoms with Crippen molar-refractivity contribution in [3.05, 3.63) is 23.0 Å². The van der Waals surface area contributed by atoms with Crippen molar-refractivity contribution in [1.82, 2.24) is 4.98 Å². The van der Waals surface area contributed by atoms with Crippen LogP contribution in [0.1, 0.15) is 16.8 Å². The number of hydrogen-bond donors (Lipinski definition) is 1. The van der Waals surface area contributed by atoms with Gasteiger partial charge < -0.3 is 10.5 Å². The summed E-state index contributed by atoms with van der Waals surface area (Å²) in [5, 5.41) is 8.53. The zero-order valence-electron chi connectivity index (χ0n) is 9.01. The molecule has 7 heteroatoms. The van der Waals surface area contributed by atoms with Gasteiger partial charge in [0.25, 0.3) is 0 Å². The summed E-state index contributed by atoms with van der Waals surface area (Å²) >= 11 is 0. The smallest absolute Gasteiger partial charge is 0.403 e. The Balaban J connectivity index is 3.23. The molecule has 0 radical (unpaired) electrons. The van der Waals surface area contributed by atoms with E-state index in [-0.39, 0.29) is 24.2 Å². The zero-order chi connectivity index (χ0) is 13.1. The predicted octanol–water partition coefficient (Wildman–Crippen LogP) is 1.81. The maximum atomic E-state index is 12.2. The van der Waals surface area contributed by atoms with E-state index in [0.717, 1.165) is 0 Å². The summed E-state index contributed by atoms with van der Waals surface area (Å²) in [6, 6.07) is 1.84. The highest BCUT2D eigenvalue weighted by Gasteiger charge is 2.33. The largest absolute Gasteiger partial charge is 0.573 e. The molecule has 1 rings (SSSR count). The first-order valence-corrected chi connectivity index (χ1v) is 4.69. The van der Waals surface area contributed by atoms with Gasteiger partial charge in [0.1, 0.15) is 0 Å². The molecule has 1 aromatic rings. The Labute approximate surface area is 95.8 Å². The molecule has 0 saturated carbocycles. The number of pyridine rings is 1. The second-order valence-corrected chi connectivity index (χ2v) is 3.27. The van der Waals surface area contributed by atoms with Gasteiger partial charge in [0, 0.05) is 12.7 Å². The summed E-state index contributed by atoms with van der Waals surface area (Å²) in [5.41, 5.74) is 5.93. The van der Waals surface area contributed by atoms with Crippen LogP contribution in [0.15, 0.2) is 6.20 Å². The molecule has 0 aliphatic heterocycles. The molecule has 0 unspecified atom stereocenters. The van der Waals surface area contributed by atoms with Gasteiger partial charge in [0.15, 0.2) is 5.75 Å². The van der Waals surface area contributed by atoms with Crippen LogP contribution in [0.25, 0.3) is 0 Å². The molecule has 0 aliphatic carbocycles. The Morgan fingerprint density at radius 2 is 2.18 bits per heavy atom. The Kier molecular flexibility index (Phi) is 3.91. The van der Waals surface area contributed by atoms with Gasteiger partial charge in [-0.15, -0.1) is 13.2 Å². The van der Waals surface area contributed by atoms with Crippen molar-refractivity contribution in [2.24, 2.45) is 5.73 Å². The van der Waals surface area contributed by atoms with Gasteiger partial charge in [0.2, 0.25) is 0 Å². The van der Waals surface area contributed by atoms with E-state index in [4.69, 9.17) is 11.0 Å². The number of rotatable bonds is 3. The number of nitrogens with zero attached hydrogens (tertiary/aromatic N) is 2. The Bertz CT molecular complexity index is 451. The molecule has 0 saturated heterocycles. The lowest BCUT2D eigenvalue weighted by atomic mass is 10.1. The third-order valence-electron chi connectivity index (χ3n) is 2.14. The quantitative estimate of drug-likeness (QED) is 0.881. The number of nitrogens with two attached hydrogens (primary N) is 1. The number of aromatic nitrogens is 1. The normalized spacial score (nSPS) is 11.1. The SMILES string of the molecule is Cc1c(CC#N)cnc(CN)c1OC(F)(F)F. The highest BCUT2D eigenvalue weighted by atomic mass is 19.4. The van der Waals surface area contributed by atoms with Crippen molar-refractivity contribution < 1.29 is 17.9 Å². The Hall–Kier alpha value is -1.81. The van der Waals surface area contributed by atoms with Crippen LogP contribution in [-0.2, 0) is 13.0 Å². The third kappa shape index (κ3) is 3.32. The standard InChI is InChI=1S/C10H10F3N3O/c1-6-7(2-3-14)5-16-8(4-15)9(6)17-10(11,12)13/h5H,2,4,15H2,1H3. The van der Waals surface area contributed by atoms with Crippen LogP contribution in [0, 0.1) is 18.3 Å². The summed E-state index contributed by atoms with van der Waals surface area (Å²) in [6.45, 7) is 1.27. The van der Waals surface area contributed by atoms with Crippen molar-refractivity contribution in [1.29, 1.82) is 5.26 Å². The van der Waals surface area contributed by atoms with Gasteiger partial charge in [-0.25, -0.2) is 0 Å². The molecule has 2 N–H and O–H groups in total. The molecule has 0 bridgehead atoms. The van der Waals surface area contributed by atoms with E-state index >= 15 is 0 Å². The second-order valence-electron chi connectivity index (χ2n) is 3.27.